The van der Waals surface area contributed by atoms with Crippen molar-refractivity contribution in [2.45, 2.75) is 12.3 Å². The van der Waals surface area contributed by atoms with Crippen molar-refractivity contribution < 1.29 is 24.2 Å². The molecule has 3 rings (SSSR count). The quantitative estimate of drug-likeness (QED) is 0.802. The van der Waals surface area contributed by atoms with Gasteiger partial charge in [0.2, 0.25) is 5.91 Å². The maximum atomic E-state index is 12.5. The molecule has 0 radical (unpaired) electrons. The first-order valence-electron chi connectivity index (χ1n) is 8.00. The van der Waals surface area contributed by atoms with E-state index in [9.17, 15) is 14.7 Å². The second-order valence-corrected chi connectivity index (χ2v) is 6.48. The molecule has 1 amide bonds. The zero-order valence-electron chi connectivity index (χ0n) is 14.3. The molecule has 2 unspecified atom stereocenters. The lowest BCUT2D eigenvalue weighted by Crippen LogP contribution is -2.17. The molecule has 0 spiro atoms. The molecule has 2 atom stereocenters. The number of amides is 1. The van der Waals surface area contributed by atoms with Gasteiger partial charge in [-0.2, -0.15) is 0 Å². The molecular formula is C19H18ClNO5. The second-order valence-electron chi connectivity index (χ2n) is 6.05. The molecule has 0 aromatic heterocycles. The van der Waals surface area contributed by atoms with E-state index in [2.05, 4.69) is 5.32 Å². The Morgan fingerprint density at radius 3 is 2.50 bits per heavy atom. The highest BCUT2D eigenvalue weighted by molar-refractivity contribution is 6.31. The molecule has 0 heterocycles. The van der Waals surface area contributed by atoms with Gasteiger partial charge in [-0.3, -0.25) is 4.79 Å². The van der Waals surface area contributed by atoms with Gasteiger partial charge in [0.05, 0.1) is 25.5 Å². The minimum atomic E-state index is -1.14. The molecule has 1 fully saturated rings. The topological polar surface area (TPSA) is 84.9 Å². The Kier molecular flexibility index (Phi) is 5.04. The van der Waals surface area contributed by atoms with Gasteiger partial charge in [-0.1, -0.05) is 17.7 Å². The minimum absolute atomic E-state index is 0.0332. The number of carbonyl (C=O) groups is 2. The van der Waals surface area contributed by atoms with E-state index in [1.165, 1.54) is 12.1 Å². The van der Waals surface area contributed by atoms with Crippen molar-refractivity contribution in [2.75, 3.05) is 19.5 Å². The van der Waals surface area contributed by atoms with Crippen LogP contribution in [-0.2, 0) is 4.79 Å². The van der Waals surface area contributed by atoms with E-state index >= 15 is 0 Å². The van der Waals surface area contributed by atoms with Crippen molar-refractivity contribution in [1.82, 2.24) is 0 Å². The summed E-state index contributed by atoms with van der Waals surface area (Å²) in [6.45, 7) is 0. The molecule has 2 aromatic rings. The van der Waals surface area contributed by atoms with Crippen molar-refractivity contribution in [2.24, 2.45) is 5.92 Å². The van der Waals surface area contributed by atoms with Gasteiger partial charge in [0, 0.05) is 10.9 Å². The van der Waals surface area contributed by atoms with Crippen LogP contribution in [0.1, 0.15) is 28.3 Å². The summed E-state index contributed by atoms with van der Waals surface area (Å²) >= 11 is 5.83. The van der Waals surface area contributed by atoms with E-state index in [0.29, 0.717) is 22.9 Å². The third-order valence-electron chi connectivity index (χ3n) is 4.43. The van der Waals surface area contributed by atoms with E-state index in [1.807, 2.05) is 18.2 Å². The number of halogens is 1. The lowest BCUT2D eigenvalue weighted by Gasteiger charge is -2.10. The predicted molar refractivity (Wildman–Crippen MR) is 97.4 cm³/mol. The van der Waals surface area contributed by atoms with Crippen LogP contribution in [0.5, 0.6) is 11.5 Å². The van der Waals surface area contributed by atoms with Crippen molar-refractivity contribution >= 4 is 29.2 Å². The smallest absolute Gasteiger partial charge is 0.337 e. The van der Waals surface area contributed by atoms with E-state index in [4.69, 9.17) is 21.1 Å². The number of carbonyl (C=O) groups excluding carboxylic acids is 1. The molecule has 1 saturated carbocycles. The number of hydrogen-bond acceptors (Lipinski definition) is 4. The highest BCUT2D eigenvalue weighted by Crippen LogP contribution is 2.49. The molecule has 0 aliphatic heterocycles. The molecule has 7 heteroatoms. The van der Waals surface area contributed by atoms with Gasteiger partial charge in [0.15, 0.2) is 11.5 Å². The van der Waals surface area contributed by atoms with Crippen LogP contribution in [0.2, 0.25) is 5.02 Å². The maximum absolute atomic E-state index is 12.5. The summed E-state index contributed by atoms with van der Waals surface area (Å²) < 4.78 is 10.5. The Morgan fingerprint density at radius 1 is 1.12 bits per heavy atom. The fraction of sp³-hybridized carbons (Fsp3) is 0.263. The van der Waals surface area contributed by atoms with Crippen molar-refractivity contribution in [3.8, 4) is 11.5 Å². The number of aromatic carboxylic acids is 1. The Balaban J connectivity index is 1.73. The first-order chi connectivity index (χ1) is 12.4. The van der Waals surface area contributed by atoms with Crippen LogP contribution in [-0.4, -0.2) is 31.2 Å². The Labute approximate surface area is 155 Å². The van der Waals surface area contributed by atoms with Crippen LogP contribution < -0.4 is 14.8 Å². The van der Waals surface area contributed by atoms with Gasteiger partial charge >= 0.3 is 5.97 Å². The van der Waals surface area contributed by atoms with Crippen LogP contribution in [0, 0.1) is 5.92 Å². The van der Waals surface area contributed by atoms with Gasteiger partial charge < -0.3 is 19.9 Å². The Morgan fingerprint density at radius 2 is 1.85 bits per heavy atom. The molecule has 26 heavy (non-hydrogen) atoms. The Bertz CT molecular complexity index is 867. The van der Waals surface area contributed by atoms with Gasteiger partial charge in [-0.15, -0.1) is 0 Å². The third kappa shape index (κ3) is 3.60. The first kappa shape index (κ1) is 18.1. The molecule has 136 valence electrons. The number of benzene rings is 2. The predicted octanol–water partition coefficient (Wildman–Crippen LogP) is 3.80. The molecule has 0 bridgehead atoms. The summed E-state index contributed by atoms with van der Waals surface area (Å²) in [5.41, 5.74) is 1.19. The minimum Gasteiger partial charge on any atom is -0.493 e. The van der Waals surface area contributed by atoms with Crippen LogP contribution in [0.3, 0.4) is 0 Å². The largest absolute Gasteiger partial charge is 0.493 e. The summed E-state index contributed by atoms with van der Waals surface area (Å²) in [5.74, 6) is -0.266. The van der Waals surface area contributed by atoms with Crippen LogP contribution >= 0.6 is 11.6 Å². The second kappa shape index (κ2) is 7.25. The number of anilines is 1. The van der Waals surface area contributed by atoms with Gasteiger partial charge in [-0.25, -0.2) is 4.79 Å². The number of methoxy groups -OCH3 is 2. The molecule has 2 aromatic carbocycles. The van der Waals surface area contributed by atoms with Crippen molar-refractivity contribution in [3.05, 3.63) is 52.5 Å². The van der Waals surface area contributed by atoms with Crippen molar-refractivity contribution in [1.29, 1.82) is 0 Å². The third-order valence-corrected chi connectivity index (χ3v) is 4.67. The van der Waals surface area contributed by atoms with E-state index < -0.39 is 5.97 Å². The summed E-state index contributed by atoms with van der Waals surface area (Å²) in [5, 5.41) is 12.3. The lowest BCUT2D eigenvalue weighted by atomic mass is 10.1. The highest BCUT2D eigenvalue weighted by atomic mass is 35.5. The van der Waals surface area contributed by atoms with Gasteiger partial charge in [0.1, 0.15) is 0 Å². The van der Waals surface area contributed by atoms with Gasteiger partial charge in [-0.05, 0) is 48.2 Å². The molecule has 6 nitrogen and oxygen atoms in total. The Hall–Kier alpha value is -2.73. The fourth-order valence-corrected chi connectivity index (χ4v) is 3.14. The summed E-state index contributed by atoms with van der Waals surface area (Å²) in [4.78, 5) is 23.8. The van der Waals surface area contributed by atoms with E-state index in [-0.39, 0.29) is 29.0 Å². The molecule has 1 aliphatic carbocycles. The SMILES string of the molecule is COc1ccc(C2CC2C(=O)Nc2ccc(Cl)cc2C(=O)O)cc1OC. The van der Waals surface area contributed by atoms with E-state index in [0.717, 1.165) is 5.56 Å². The maximum Gasteiger partial charge on any atom is 0.337 e. The summed E-state index contributed by atoms with van der Waals surface area (Å²) in [6.07, 6.45) is 0.692. The lowest BCUT2D eigenvalue weighted by molar-refractivity contribution is -0.117. The zero-order valence-corrected chi connectivity index (χ0v) is 15.0. The summed E-state index contributed by atoms with van der Waals surface area (Å²) in [6, 6.07) is 9.94. The normalized spacial score (nSPS) is 18.1. The number of carboxylic acid groups (broad SMARTS) is 1. The van der Waals surface area contributed by atoms with Crippen molar-refractivity contribution in [3.63, 3.8) is 0 Å². The molecule has 0 saturated heterocycles. The van der Waals surface area contributed by atoms with Crippen LogP contribution in [0.15, 0.2) is 36.4 Å². The molecule has 2 N–H and O–H groups in total. The average molecular weight is 376 g/mol. The molecular weight excluding hydrogens is 358 g/mol. The van der Waals surface area contributed by atoms with Crippen LogP contribution in [0.25, 0.3) is 0 Å². The average Bonchev–Trinajstić information content (AvgIpc) is 3.43. The number of ether oxygens (including phenoxy) is 2. The summed E-state index contributed by atoms with van der Waals surface area (Å²) in [7, 11) is 3.13. The van der Waals surface area contributed by atoms with Gasteiger partial charge in [0.25, 0.3) is 0 Å². The van der Waals surface area contributed by atoms with E-state index in [1.54, 1.807) is 20.3 Å². The zero-order chi connectivity index (χ0) is 18.8. The monoisotopic (exact) mass is 375 g/mol. The fourth-order valence-electron chi connectivity index (χ4n) is 2.96. The van der Waals surface area contributed by atoms with Crippen LogP contribution in [0.4, 0.5) is 5.69 Å². The highest BCUT2D eigenvalue weighted by Gasteiger charge is 2.44. The number of nitrogens with one attached hydrogen (secondary N) is 1. The number of hydrogen-bond donors (Lipinski definition) is 2. The standard InChI is InChI=1S/C19H18ClNO5/c1-25-16-6-3-10(7-17(16)26-2)12-9-13(12)18(22)21-15-5-4-11(20)8-14(15)19(23)24/h3-8,12-13H,9H2,1-2H3,(H,21,22)(H,23,24). The first-order valence-corrected chi connectivity index (χ1v) is 8.38. The number of rotatable bonds is 6. The molecule has 1 aliphatic rings. The number of carboxylic acids is 1.